The van der Waals surface area contributed by atoms with Gasteiger partial charge >= 0.3 is 10.3 Å². The van der Waals surface area contributed by atoms with Crippen molar-refractivity contribution in [3.8, 4) is 5.75 Å². The molecule has 0 aliphatic carbocycles. The van der Waals surface area contributed by atoms with E-state index in [2.05, 4.69) is 14.6 Å². The third-order valence-electron chi connectivity index (χ3n) is 1.37. The summed E-state index contributed by atoms with van der Waals surface area (Å²) in [5.74, 6) is -0.216. The second-order valence-corrected chi connectivity index (χ2v) is 3.94. The van der Waals surface area contributed by atoms with Crippen molar-refractivity contribution in [1.82, 2.24) is 0 Å². The van der Waals surface area contributed by atoms with Crippen LogP contribution in [0.25, 0.3) is 0 Å². The van der Waals surface area contributed by atoms with Crippen LogP contribution in [0, 0.1) is 0 Å². The largest absolute Gasteiger partial charge is 0.380 e. The van der Waals surface area contributed by atoms with Crippen LogP contribution in [0.3, 0.4) is 0 Å². The van der Waals surface area contributed by atoms with Gasteiger partial charge in [-0.25, -0.2) is 0 Å². The monoisotopic (exact) mass is 230 g/mol. The average molecular weight is 230 g/mol. The minimum Gasteiger partial charge on any atom is -0.371 e. The van der Waals surface area contributed by atoms with E-state index in [1.54, 1.807) is 6.07 Å². The fourth-order valence-corrected chi connectivity index (χ4v) is 1.33. The third-order valence-corrected chi connectivity index (χ3v) is 1.79. The van der Waals surface area contributed by atoms with Crippen LogP contribution in [-0.4, -0.2) is 14.3 Å². The van der Waals surface area contributed by atoms with Crippen LogP contribution in [-0.2, 0) is 15.1 Å². The zero-order valence-corrected chi connectivity index (χ0v) is 8.74. The first kappa shape index (κ1) is 11.5. The number of nitrogens with two attached hydrogens (primary N) is 1. The van der Waals surface area contributed by atoms with Crippen molar-refractivity contribution in [2.45, 2.75) is 6.92 Å². The predicted molar refractivity (Wildman–Crippen MR) is 54.5 cm³/mol. The summed E-state index contributed by atoms with van der Waals surface area (Å²) in [6.45, 7) is 1.34. The molecule has 0 aromatic heterocycles. The van der Waals surface area contributed by atoms with Crippen LogP contribution in [0.2, 0.25) is 0 Å². The van der Waals surface area contributed by atoms with Crippen molar-refractivity contribution in [3.05, 3.63) is 24.3 Å². The van der Waals surface area contributed by atoms with E-state index in [-0.39, 0.29) is 11.7 Å². The molecule has 6 nitrogen and oxygen atoms in total. The number of hydrogen-bond donors (Lipinski definition) is 2. The molecule has 0 spiro atoms. The van der Waals surface area contributed by atoms with Gasteiger partial charge in [-0.05, 0) is 12.1 Å². The number of carbonyl (C=O) groups is 1. The first-order valence-electron chi connectivity index (χ1n) is 3.97. The summed E-state index contributed by atoms with van der Waals surface area (Å²) in [5, 5.41) is 7.16. The number of carbonyl (C=O) groups excluding carboxylic acids is 1. The molecule has 1 rings (SSSR count). The Morgan fingerprint density at radius 2 is 2.13 bits per heavy atom. The van der Waals surface area contributed by atoms with Gasteiger partial charge in [0.1, 0.15) is 5.75 Å². The number of nitrogens with one attached hydrogen (secondary N) is 1. The van der Waals surface area contributed by atoms with E-state index >= 15 is 0 Å². The minimum absolute atomic E-state index is 0.0451. The van der Waals surface area contributed by atoms with Gasteiger partial charge in [0.15, 0.2) is 0 Å². The molecule has 0 fully saturated rings. The highest BCUT2D eigenvalue weighted by Crippen LogP contribution is 2.17. The Hall–Kier alpha value is -1.60. The molecule has 1 aromatic rings. The molecule has 1 aromatic carbocycles. The van der Waals surface area contributed by atoms with Crippen LogP contribution < -0.4 is 14.6 Å². The fraction of sp³-hybridized carbons (Fsp3) is 0.125. The number of amides is 1. The summed E-state index contributed by atoms with van der Waals surface area (Å²) < 4.78 is 25.6. The van der Waals surface area contributed by atoms with Gasteiger partial charge in [0.2, 0.25) is 5.91 Å². The fourth-order valence-electron chi connectivity index (χ4n) is 0.963. The third kappa shape index (κ3) is 4.43. The van der Waals surface area contributed by atoms with E-state index in [9.17, 15) is 13.2 Å². The normalized spacial score (nSPS) is 10.8. The van der Waals surface area contributed by atoms with Gasteiger partial charge in [-0.15, -0.1) is 0 Å². The molecule has 0 heterocycles. The maximum absolute atomic E-state index is 10.7. The van der Waals surface area contributed by atoms with Crippen molar-refractivity contribution >= 4 is 21.9 Å². The quantitative estimate of drug-likeness (QED) is 0.776. The van der Waals surface area contributed by atoms with Gasteiger partial charge in [-0.2, -0.15) is 13.6 Å². The van der Waals surface area contributed by atoms with Gasteiger partial charge in [0, 0.05) is 18.7 Å². The molecule has 1 amide bonds. The Labute approximate surface area is 87.3 Å². The van der Waals surface area contributed by atoms with Gasteiger partial charge in [0.25, 0.3) is 0 Å². The Morgan fingerprint density at radius 1 is 1.47 bits per heavy atom. The Kier molecular flexibility index (Phi) is 3.28. The second-order valence-electron chi connectivity index (χ2n) is 2.79. The van der Waals surface area contributed by atoms with Crippen molar-refractivity contribution < 1.29 is 17.4 Å². The lowest BCUT2D eigenvalue weighted by Crippen LogP contribution is -2.19. The van der Waals surface area contributed by atoms with Gasteiger partial charge in [-0.3, -0.25) is 4.79 Å². The molecule has 0 atom stereocenters. The highest BCUT2D eigenvalue weighted by atomic mass is 32.2. The maximum atomic E-state index is 10.7. The number of hydrogen-bond acceptors (Lipinski definition) is 4. The average Bonchev–Trinajstić information content (AvgIpc) is 1.99. The maximum Gasteiger partial charge on any atom is 0.380 e. The summed E-state index contributed by atoms with van der Waals surface area (Å²) in [4.78, 5) is 10.7. The Morgan fingerprint density at radius 3 is 2.67 bits per heavy atom. The molecule has 82 valence electrons. The number of anilines is 1. The number of rotatable bonds is 3. The predicted octanol–water partition coefficient (Wildman–Crippen LogP) is 0.227. The van der Waals surface area contributed by atoms with Crippen molar-refractivity contribution in [2.24, 2.45) is 5.14 Å². The second kappa shape index (κ2) is 4.28. The van der Waals surface area contributed by atoms with Crippen molar-refractivity contribution in [2.75, 3.05) is 5.32 Å². The first-order valence-corrected chi connectivity index (χ1v) is 5.44. The number of benzene rings is 1. The molecule has 15 heavy (non-hydrogen) atoms. The molecular weight excluding hydrogens is 220 g/mol. The molecule has 0 aliphatic rings. The van der Waals surface area contributed by atoms with Gasteiger partial charge < -0.3 is 9.50 Å². The van der Waals surface area contributed by atoms with E-state index in [4.69, 9.17) is 0 Å². The Balaban J connectivity index is 2.88. The van der Waals surface area contributed by atoms with E-state index < -0.39 is 10.3 Å². The van der Waals surface area contributed by atoms with Crippen LogP contribution in [0.15, 0.2) is 24.3 Å². The Bertz CT molecular complexity index is 469. The molecular formula is C8H10N2O4S. The highest BCUT2D eigenvalue weighted by molar-refractivity contribution is 7.84. The molecule has 0 saturated carbocycles. The minimum atomic E-state index is -4.04. The molecule has 0 aliphatic heterocycles. The molecule has 3 N–H and O–H groups in total. The van der Waals surface area contributed by atoms with Gasteiger partial charge in [0.05, 0.1) is 0 Å². The molecule has 7 heteroatoms. The summed E-state index contributed by atoms with van der Waals surface area (Å²) in [6.07, 6.45) is 0. The molecule has 0 unspecified atom stereocenters. The van der Waals surface area contributed by atoms with E-state index in [0.29, 0.717) is 5.69 Å². The highest BCUT2D eigenvalue weighted by Gasteiger charge is 2.05. The van der Waals surface area contributed by atoms with E-state index in [1.165, 1.54) is 25.1 Å². The first-order chi connectivity index (χ1) is 6.87. The van der Waals surface area contributed by atoms with Crippen LogP contribution in [0.1, 0.15) is 6.92 Å². The van der Waals surface area contributed by atoms with Crippen molar-refractivity contribution in [3.63, 3.8) is 0 Å². The lowest BCUT2D eigenvalue weighted by Gasteiger charge is -2.05. The molecule has 0 bridgehead atoms. The standard InChI is InChI=1S/C8H10N2O4S/c1-6(11)10-7-3-2-4-8(5-7)14-15(9,12)13/h2-5H,1H3,(H,10,11)(H2,9,12,13). The van der Waals surface area contributed by atoms with Gasteiger partial charge in [-0.1, -0.05) is 6.07 Å². The zero-order chi connectivity index (χ0) is 11.5. The van der Waals surface area contributed by atoms with Crippen LogP contribution >= 0.6 is 0 Å². The lowest BCUT2D eigenvalue weighted by atomic mass is 10.3. The summed E-state index contributed by atoms with van der Waals surface area (Å²) >= 11 is 0. The summed E-state index contributed by atoms with van der Waals surface area (Å²) in [6, 6.07) is 5.89. The smallest absolute Gasteiger partial charge is 0.371 e. The van der Waals surface area contributed by atoms with Crippen molar-refractivity contribution in [1.29, 1.82) is 0 Å². The summed E-state index contributed by atoms with van der Waals surface area (Å²) in [7, 11) is -4.04. The molecule has 0 radical (unpaired) electrons. The van der Waals surface area contributed by atoms with E-state index in [1.807, 2.05) is 0 Å². The summed E-state index contributed by atoms with van der Waals surface area (Å²) in [5.41, 5.74) is 0.434. The zero-order valence-electron chi connectivity index (χ0n) is 7.93. The lowest BCUT2D eigenvalue weighted by molar-refractivity contribution is -0.114. The SMILES string of the molecule is CC(=O)Nc1cccc(OS(N)(=O)=O)c1. The van der Waals surface area contributed by atoms with Crippen LogP contribution in [0.4, 0.5) is 5.69 Å². The molecule has 0 saturated heterocycles. The topological polar surface area (TPSA) is 98.5 Å². The van der Waals surface area contributed by atoms with E-state index in [0.717, 1.165) is 0 Å². The van der Waals surface area contributed by atoms with Crippen LogP contribution in [0.5, 0.6) is 5.75 Å².